The summed E-state index contributed by atoms with van der Waals surface area (Å²) in [5, 5.41) is 27.2. The third kappa shape index (κ3) is 7.25. The van der Waals surface area contributed by atoms with E-state index in [1.807, 2.05) is 36.4 Å². The summed E-state index contributed by atoms with van der Waals surface area (Å²) in [5.41, 5.74) is 9.21. The first kappa shape index (κ1) is 31.5. The predicted octanol–water partition coefficient (Wildman–Crippen LogP) is 6.46. The zero-order chi connectivity index (χ0) is 31.0. The summed E-state index contributed by atoms with van der Waals surface area (Å²) in [6.07, 6.45) is 3.88. The Hall–Kier alpha value is -3.89. The van der Waals surface area contributed by atoms with Gasteiger partial charge in [-0.05, 0) is 60.3 Å². The van der Waals surface area contributed by atoms with Gasteiger partial charge in [0, 0.05) is 52.2 Å². The van der Waals surface area contributed by atoms with Crippen molar-refractivity contribution in [3.05, 3.63) is 104 Å². The average molecular weight is 663 g/mol. The number of nitrogens with zero attached hydrogens (tertiary/aromatic N) is 4. The van der Waals surface area contributed by atoms with Crippen molar-refractivity contribution in [3.63, 3.8) is 0 Å². The van der Waals surface area contributed by atoms with E-state index in [9.17, 15) is 15.4 Å². The molecule has 5 rings (SSSR count). The molecule has 0 radical (unpaired) electrons. The summed E-state index contributed by atoms with van der Waals surface area (Å²) in [5.74, 6) is 0.501. The van der Waals surface area contributed by atoms with E-state index in [1.165, 1.54) is 0 Å². The first-order chi connectivity index (χ1) is 21.4. The highest BCUT2D eigenvalue weighted by atomic mass is 79.9. The van der Waals surface area contributed by atoms with Crippen molar-refractivity contribution >= 4 is 33.4 Å². The van der Waals surface area contributed by atoms with Crippen LogP contribution < -0.4 is 10.1 Å². The second kappa shape index (κ2) is 14.3. The second-order valence-electron chi connectivity index (χ2n) is 11.3. The fourth-order valence-corrected chi connectivity index (χ4v) is 6.07. The Labute approximate surface area is 264 Å². The van der Waals surface area contributed by atoms with Crippen molar-refractivity contribution < 1.29 is 24.5 Å². The van der Waals surface area contributed by atoms with Crippen LogP contribution in [0.15, 0.2) is 87.4 Å². The van der Waals surface area contributed by atoms with Crippen LogP contribution in [0, 0.1) is 0 Å². The highest BCUT2D eigenvalue weighted by molar-refractivity contribution is 9.10. The van der Waals surface area contributed by atoms with Crippen molar-refractivity contribution in [1.82, 2.24) is 5.32 Å². The van der Waals surface area contributed by atoms with Gasteiger partial charge in [-0.3, -0.25) is 4.79 Å². The van der Waals surface area contributed by atoms with Gasteiger partial charge in [0.05, 0.1) is 12.2 Å². The smallest absolute Gasteiger partial charge is 0.252 e. The highest BCUT2D eigenvalue weighted by Gasteiger charge is 2.54. The second-order valence-corrected chi connectivity index (χ2v) is 12.2. The minimum Gasteiger partial charge on any atom is -0.494 e. The fraction of sp³-hybridized carbons (Fsp3) is 0.394. The molecule has 3 aromatic rings. The number of rotatable bonds is 12. The Bertz CT molecular complexity index is 1520. The quantitative estimate of drug-likeness (QED) is 0.0881. The molecule has 1 aliphatic carbocycles. The molecule has 44 heavy (non-hydrogen) atoms. The number of carbonyl (C=O) groups is 1. The summed E-state index contributed by atoms with van der Waals surface area (Å²) < 4.78 is 13.2. The summed E-state index contributed by atoms with van der Waals surface area (Å²) in [6.45, 7) is 0.527. The number of benzene rings is 3. The van der Waals surface area contributed by atoms with Gasteiger partial charge < -0.3 is 25.0 Å². The van der Waals surface area contributed by atoms with Crippen LogP contribution >= 0.6 is 15.9 Å². The molecule has 1 aliphatic heterocycles. The van der Waals surface area contributed by atoms with Gasteiger partial charge in [-0.25, -0.2) is 4.99 Å². The Morgan fingerprint density at radius 2 is 1.82 bits per heavy atom. The Balaban J connectivity index is 1.58. The molecular weight excluding hydrogens is 626 g/mol. The number of carbonyl (C=O) groups excluding carboxylic acids is 1. The standard InChI is InChI=1S/C33H36BrN5O5/c34-25-13-9-23(10-14-25)21-33(31(41)36-22-32(42)17-4-1-5-18-32)29(27-7-2-3-8-28(27)38-39-35)44-30(37-33)24-11-15-26(16-12-24)43-20-6-19-40/h2-3,7-16,29,40,42H,1,4-6,17-22H2,(H,36,41)/t29-,33-/m1/s1. The maximum Gasteiger partial charge on any atom is 0.252 e. The number of aliphatic hydroxyl groups is 2. The van der Waals surface area contributed by atoms with Crippen LogP contribution in [0.4, 0.5) is 5.69 Å². The van der Waals surface area contributed by atoms with Gasteiger partial charge in [-0.2, -0.15) is 0 Å². The molecule has 3 aromatic carbocycles. The minimum atomic E-state index is -1.49. The number of halogens is 1. The fourth-order valence-electron chi connectivity index (χ4n) is 5.81. The van der Waals surface area contributed by atoms with E-state index < -0.39 is 17.2 Å². The van der Waals surface area contributed by atoms with Crippen molar-refractivity contribution in [1.29, 1.82) is 0 Å². The topological polar surface area (TPSA) is 149 Å². The highest BCUT2D eigenvalue weighted by Crippen LogP contribution is 2.45. The Morgan fingerprint density at radius 1 is 1.09 bits per heavy atom. The normalized spacial score (nSPS) is 20.6. The number of azide groups is 1. The molecule has 1 heterocycles. The molecule has 0 aromatic heterocycles. The minimum absolute atomic E-state index is 0.0430. The van der Waals surface area contributed by atoms with Crippen LogP contribution in [-0.2, 0) is 16.0 Å². The van der Waals surface area contributed by atoms with E-state index in [4.69, 9.17) is 19.6 Å². The summed E-state index contributed by atoms with van der Waals surface area (Å²) in [6, 6.07) is 21.9. The lowest BCUT2D eigenvalue weighted by Crippen LogP contribution is -2.54. The molecule has 2 atom stereocenters. The molecule has 1 saturated carbocycles. The molecule has 0 unspecified atom stereocenters. The lowest BCUT2D eigenvalue weighted by molar-refractivity contribution is -0.130. The first-order valence-electron chi connectivity index (χ1n) is 14.9. The molecule has 2 aliphatic rings. The molecule has 0 bridgehead atoms. The van der Waals surface area contributed by atoms with E-state index >= 15 is 0 Å². The van der Waals surface area contributed by atoms with Crippen LogP contribution in [0.3, 0.4) is 0 Å². The maximum absolute atomic E-state index is 14.5. The molecule has 10 nitrogen and oxygen atoms in total. The molecule has 11 heteroatoms. The predicted molar refractivity (Wildman–Crippen MR) is 171 cm³/mol. The van der Waals surface area contributed by atoms with Crippen LogP contribution in [0.1, 0.15) is 61.3 Å². The van der Waals surface area contributed by atoms with Crippen LogP contribution in [-0.4, -0.2) is 52.9 Å². The molecule has 1 amide bonds. The van der Waals surface area contributed by atoms with E-state index in [0.29, 0.717) is 48.4 Å². The van der Waals surface area contributed by atoms with Gasteiger partial charge in [0.2, 0.25) is 5.90 Å². The SMILES string of the molecule is [N-]=[N+]=Nc1ccccc1[C@H]1OC(c2ccc(OCCCO)cc2)=N[C@@]1(Cc1ccc(Br)cc1)C(=O)NCC1(O)CCCCC1. The average Bonchev–Trinajstić information content (AvgIpc) is 3.42. The van der Waals surface area contributed by atoms with Gasteiger partial charge in [-0.1, -0.05) is 76.7 Å². The van der Waals surface area contributed by atoms with Crippen LogP contribution in [0.2, 0.25) is 0 Å². The number of nitrogens with one attached hydrogen (secondary N) is 1. The Kier molecular flexibility index (Phi) is 10.2. The summed E-state index contributed by atoms with van der Waals surface area (Å²) in [7, 11) is 0. The lowest BCUT2D eigenvalue weighted by Gasteiger charge is -2.35. The number of aliphatic hydroxyl groups excluding tert-OH is 1. The Morgan fingerprint density at radius 3 is 2.52 bits per heavy atom. The first-order valence-corrected chi connectivity index (χ1v) is 15.6. The van der Waals surface area contributed by atoms with E-state index in [2.05, 4.69) is 31.3 Å². The van der Waals surface area contributed by atoms with E-state index in [1.54, 1.807) is 36.4 Å². The molecule has 230 valence electrons. The van der Waals surface area contributed by atoms with Gasteiger partial charge in [0.25, 0.3) is 5.91 Å². The molecule has 0 saturated heterocycles. The van der Waals surface area contributed by atoms with Gasteiger partial charge in [0.15, 0.2) is 11.6 Å². The molecule has 0 spiro atoms. The summed E-state index contributed by atoms with van der Waals surface area (Å²) >= 11 is 3.49. The molecular formula is C33H36BrN5O5. The molecule has 3 N–H and O–H groups in total. The van der Waals surface area contributed by atoms with Gasteiger partial charge in [0.1, 0.15) is 5.75 Å². The maximum atomic E-state index is 14.5. The van der Waals surface area contributed by atoms with Gasteiger partial charge >= 0.3 is 0 Å². The lowest BCUT2D eigenvalue weighted by atomic mass is 9.80. The zero-order valence-electron chi connectivity index (χ0n) is 24.4. The van der Waals surface area contributed by atoms with E-state index in [-0.39, 0.29) is 31.4 Å². The van der Waals surface area contributed by atoms with Crippen molar-refractivity contribution in [2.45, 2.75) is 62.2 Å². The third-order valence-corrected chi connectivity index (χ3v) is 8.68. The van der Waals surface area contributed by atoms with Gasteiger partial charge in [-0.15, -0.1) is 0 Å². The number of ether oxygens (including phenoxy) is 2. The van der Waals surface area contributed by atoms with Crippen LogP contribution in [0.5, 0.6) is 5.75 Å². The largest absolute Gasteiger partial charge is 0.494 e. The molecule has 1 fully saturated rings. The summed E-state index contributed by atoms with van der Waals surface area (Å²) in [4.78, 5) is 22.5. The van der Waals surface area contributed by atoms with Crippen molar-refractivity contribution in [3.8, 4) is 5.75 Å². The number of hydrogen-bond donors (Lipinski definition) is 3. The van der Waals surface area contributed by atoms with Crippen LogP contribution in [0.25, 0.3) is 10.4 Å². The van der Waals surface area contributed by atoms with E-state index in [0.717, 1.165) is 29.3 Å². The number of hydrogen-bond acceptors (Lipinski definition) is 7. The van der Waals surface area contributed by atoms with Crippen molar-refractivity contribution in [2.75, 3.05) is 19.8 Å². The number of aliphatic imine (C=N–C) groups is 1. The van der Waals surface area contributed by atoms with Crippen molar-refractivity contribution in [2.24, 2.45) is 10.1 Å². The third-order valence-electron chi connectivity index (χ3n) is 8.15. The zero-order valence-corrected chi connectivity index (χ0v) is 25.9. The number of amides is 1. The monoisotopic (exact) mass is 661 g/mol.